The average Bonchev–Trinajstić information content (AvgIpc) is 2.12. The van der Waals surface area contributed by atoms with E-state index in [2.05, 4.69) is 5.32 Å². The predicted octanol–water partition coefficient (Wildman–Crippen LogP) is 0.677. The number of amides is 1. The number of carbonyl (C=O) groups is 2. The van der Waals surface area contributed by atoms with Gasteiger partial charge < -0.3 is 25.6 Å². The van der Waals surface area contributed by atoms with E-state index in [0.717, 1.165) is 0 Å². The molecule has 1 unspecified atom stereocenters. The second-order valence-electron chi connectivity index (χ2n) is 4.79. The SMILES string of the molecule is CC(C)(C)OC(=O)NCCCOC(N)CC(=O)O. The normalized spacial score (nSPS) is 12.9. The molecule has 18 heavy (non-hydrogen) atoms. The zero-order chi connectivity index (χ0) is 14.2. The first-order chi connectivity index (χ1) is 8.20. The number of hydrogen-bond acceptors (Lipinski definition) is 5. The Balaban J connectivity index is 3.51. The Kier molecular flexibility index (Phi) is 7.30. The average molecular weight is 262 g/mol. The van der Waals surface area contributed by atoms with Crippen LogP contribution in [0, 0.1) is 0 Å². The lowest BCUT2D eigenvalue weighted by atomic mass is 10.2. The van der Waals surface area contributed by atoms with Gasteiger partial charge in [0.1, 0.15) is 11.8 Å². The van der Waals surface area contributed by atoms with E-state index in [1.807, 2.05) is 0 Å². The lowest BCUT2D eigenvalue weighted by Gasteiger charge is -2.19. The molecule has 0 aliphatic rings. The number of alkyl carbamates (subject to hydrolysis) is 1. The molecule has 0 rings (SSSR count). The molecule has 1 atom stereocenters. The summed E-state index contributed by atoms with van der Waals surface area (Å²) >= 11 is 0. The van der Waals surface area contributed by atoms with E-state index in [9.17, 15) is 9.59 Å². The van der Waals surface area contributed by atoms with Crippen molar-refractivity contribution in [2.45, 2.75) is 45.4 Å². The number of ether oxygens (including phenoxy) is 2. The Morgan fingerprint density at radius 3 is 2.50 bits per heavy atom. The summed E-state index contributed by atoms with van der Waals surface area (Å²) in [5.74, 6) is -1.01. The summed E-state index contributed by atoms with van der Waals surface area (Å²) in [4.78, 5) is 21.5. The number of nitrogens with two attached hydrogens (primary N) is 1. The quantitative estimate of drug-likeness (QED) is 0.459. The van der Waals surface area contributed by atoms with Crippen LogP contribution in [0.25, 0.3) is 0 Å². The molecular weight excluding hydrogens is 240 g/mol. The third-order valence-electron chi connectivity index (χ3n) is 1.70. The molecule has 0 radical (unpaired) electrons. The lowest BCUT2D eigenvalue weighted by molar-refractivity contribution is -0.140. The van der Waals surface area contributed by atoms with Crippen molar-refractivity contribution >= 4 is 12.1 Å². The second-order valence-corrected chi connectivity index (χ2v) is 4.79. The molecule has 0 aliphatic heterocycles. The van der Waals surface area contributed by atoms with E-state index >= 15 is 0 Å². The smallest absolute Gasteiger partial charge is 0.407 e. The van der Waals surface area contributed by atoms with Gasteiger partial charge in [-0.25, -0.2) is 4.79 Å². The molecule has 106 valence electrons. The number of carboxylic acids is 1. The van der Waals surface area contributed by atoms with Gasteiger partial charge in [-0.3, -0.25) is 4.79 Å². The summed E-state index contributed by atoms with van der Waals surface area (Å²) in [6.07, 6.45) is -1.01. The minimum atomic E-state index is -1.01. The molecule has 0 spiro atoms. The van der Waals surface area contributed by atoms with Crippen LogP contribution in [0.1, 0.15) is 33.6 Å². The van der Waals surface area contributed by atoms with E-state index in [1.54, 1.807) is 20.8 Å². The highest BCUT2D eigenvalue weighted by Gasteiger charge is 2.15. The van der Waals surface area contributed by atoms with Crippen LogP contribution in [0.15, 0.2) is 0 Å². The first-order valence-electron chi connectivity index (χ1n) is 5.76. The monoisotopic (exact) mass is 262 g/mol. The van der Waals surface area contributed by atoms with Gasteiger partial charge in [-0.2, -0.15) is 0 Å². The molecule has 0 fully saturated rings. The van der Waals surface area contributed by atoms with Crippen molar-refractivity contribution in [1.29, 1.82) is 0 Å². The Morgan fingerprint density at radius 2 is 2.00 bits per heavy atom. The summed E-state index contributed by atoms with van der Waals surface area (Å²) < 4.78 is 10.1. The molecule has 0 bridgehead atoms. The Hall–Kier alpha value is -1.34. The molecule has 1 amide bonds. The van der Waals surface area contributed by atoms with Crippen LogP contribution in [0.3, 0.4) is 0 Å². The third-order valence-corrected chi connectivity index (χ3v) is 1.70. The van der Waals surface area contributed by atoms with Gasteiger partial charge in [0.25, 0.3) is 0 Å². The van der Waals surface area contributed by atoms with E-state index in [-0.39, 0.29) is 13.0 Å². The first kappa shape index (κ1) is 16.7. The number of hydrogen-bond donors (Lipinski definition) is 3. The molecule has 0 aromatic carbocycles. The maximum atomic E-state index is 11.2. The van der Waals surface area contributed by atoms with E-state index < -0.39 is 23.9 Å². The van der Waals surface area contributed by atoms with Crippen molar-refractivity contribution in [3.63, 3.8) is 0 Å². The molecule has 0 aliphatic carbocycles. The van der Waals surface area contributed by atoms with Gasteiger partial charge in [0.15, 0.2) is 0 Å². The Morgan fingerprint density at radius 1 is 1.39 bits per heavy atom. The molecule has 0 saturated heterocycles. The zero-order valence-corrected chi connectivity index (χ0v) is 11.1. The van der Waals surface area contributed by atoms with Gasteiger partial charge in [0.05, 0.1) is 13.0 Å². The molecule has 7 nitrogen and oxygen atoms in total. The van der Waals surface area contributed by atoms with Crippen molar-refractivity contribution in [1.82, 2.24) is 5.32 Å². The maximum Gasteiger partial charge on any atom is 0.407 e. The van der Waals surface area contributed by atoms with Crippen LogP contribution in [-0.4, -0.2) is 42.1 Å². The van der Waals surface area contributed by atoms with Gasteiger partial charge in [0.2, 0.25) is 0 Å². The molecule has 0 saturated carbocycles. The van der Waals surface area contributed by atoms with Gasteiger partial charge in [-0.1, -0.05) is 0 Å². The number of nitrogens with one attached hydrogen (secondary N) is 1. The fraction of sp³-hybridized carbons (Fsp3) is 0.818. The van der Waals surface area contributed by atoms with Crippen molar-refractivity contribution in [3.05, 3.63) is 0 Å². The highest BCUT2D eigenvalue weighted by Crippen LogP contribution is 2.06. The fourth-order valence-corrected chi connectivity index (χ4v) is 1.04. The highest BCUT2D eigenvalue weighted by atomic mass is 16.6. The topological polar surface area (TPSA) is 111 Å². The van der Waals surface area contributed by atoms with Crippen molar-refractivity contribution in [2.75, 3.05) is 13.2 Å². The van der Waals surface area contributed by atoms with Gasteiger partial charge >= 0.3 is 12.1 Å². The summed E-state index contributed by atoms with van der Waals surface area (Å²) in [7, 11) is 0. The number of rotatable bonds is 7. The lowest BCUT2D eigenvalue weighted by Crippen LogP contribution is -2.34. The zero-order valence-electron chi connectivity index (χ0n) is 11.1. The molecular formula is C11H22N2O5. The van der Waals surface area contributed by atoms with Crippen molar-refractivity contribution < 1.29 is 24.2 Å². The fourth-order valence-electron chi connectivity index (χ4n) is 1.04. The Bertz CT molecular complexity index is 275. The standard InChI is InChI=1S/C11H22N2O5/c1-11(2,3)18-10(16)13-5-4-6-17-8(12)7-9(14)15/h8H,4-7,12H2,1-3H3,(H,13,16)(H,14,15). The minimum Gasteiger partial charge on any atom is -0.481 e. The minimum absolute atomic E-state index is 0.237. The summed E-state index contributed by atoms with van der Waals surface area (Å²) in [5.41, 5.74) is 4.86. The second kappa shape index (κ2) is 7.88. The van der Waals surface area contributed by atoms with Crippen LogP contribution >= 0.6 is 0 Å². The third kappa shape index (κ3) is 11.2. The van der Waals surface area contributed by atoms with E-state index in [4.69, 9.17) is 20.3 Å². The van der Waals surface area contributed by atoms with Crippen LogP contribution in [0.2, 0.25) is 0 Å². The maximum absolute atomic E-state index is 11.2. The van der Waals surface area contributed by atoms with Gasteiger partial charge in [0, 0.05) is 6.54 Å². The number of aliphatic carboxylic acids is 1. The summed E-state index contributed by atoms with van der Waals surface area (Å²) in [6.45, 7) is 6.00. The van der Waals surface area contributed by atoms with Gasteiger partial charge in [-0.05, 0) is 27.2 Å². The highest BCUT2D eigenvalue weighted by molar-refractivity contribution is 5.67. The van der Waals surface area contributed by atoms with E-state index in [0.29, 0.717) is 13.0 Å². The van der Waals surface area contributed by atoms with Crippen molar-refractivity contribution in [2.24, 2.45) is 5.73 Å². The first-order valence-corrected chi connectivity index (χ1v) is 5.76. The van der Waals surface area contributed by atoms with Gasteiger partial charge in [-0.15, -0.1) is 0 Å². The summed E-state index contributed by atoms with van der Waals surface area (Å²) in [5, 5.41) is 11.0. The molecule has 4 N–H and O–H groups in total. The van der Waals surface area contributed by atoms with Crippen LogP contribution in [0.5, 0.6) is 0 Å². The van der Waals surface area contributed by atoms with E-state index in [1.165, 1.54) is 0 Å². The molecule has 0 heterocycles. The summed E-state index contributed by atoms with van der Waals surface area (Å²) in [6, 6.07) is 0. The molecule has 0 aromatic heterocycles. The number of carboxylic acid groups (broad SMARTS) is 1. The predicted molar refractivity (Wildman–Crippen MR) is 65.0 cm³/mol. The van der Waals surface area contributed by atoms with Crippen molar-refractivity contribution in [3.8, 4) is 0 Å². The molecule has 7 heteroatoms. The Labute approximate surface area is 107 Å². The van der Waals surface area contributed by atoms with Crippen LogP contribution < -0.4 is 11.1 Å². The number of carbonyl (C=O) groups excluding carboxylic acids is 1. The largest absolute Gasteiger partial charge is 0.481 e. The molecule has 0 aromatic rings. The van der Waals surface area contributed by atoms with Crippen LogP contribution in [-0.2, 0) is 14.3 Å². The van der Waals surface area contributed by atoms with Crippen LogP contribution in [0.4, 0.5) is 4.79 Å².